The molecule has 0 fully saturated rings. The molecule has 2 aromatic rings. The normalized spacial score (nSPS) is 15.8. The van der Waals surface area contributed by atoms with Crippen LogP contribution in [0.1, 0.15) is 22.8 Å². The molecule has 0 saturated heterocycles. The van der Waals surface area contributed by atoms with Crippen molar-refractivity contribution < 1.29 is 19.1 Å². The second-order valence-corrected chi connectivity index (χ2v) is 5.61. The molecule has 6 heteroatoms. The van der Waals surface area contributed by atoms with Gasteiger partial charge in [0.15, 0.2) is 5.78 Å². The average Bonchev–Trinajstić information content (AvgIpc) is 2.54. The van der Waals surface area contributed by atoms with Crippen molar-refractivity contribution in [1.82, 2.24) is 0 Å². The molecule has 1 aliphatic heterocycles. The second-order valence-electron chi connectivity index (χ2n) is 5.61. The summed E-state index contributed by atoms with van der Waals surface area (Å²) < 4.78 is 5.52. The summed E-state index contributed by atoms with van der Waals surface area (Å²) in [5.41, 5.74) is 2.42. The monoisotopic (exact) mass is 324 g/mol. The molecule has 0 radical (unpaired) electrons. The third-order valence-corrected chi connectivity index (χ3v) is 3.65. The fourth-order valence-electron chi connectivity index (χ4n) is 2.42. The van der Waals surface area contributed by atoms with Gasteiger partial charge in [-0.05, 0) is 43.7 Å². The number of rotatable bonds is 3. The molecule has 3 rings (SSSR count). The molecule has 6 nitrogen and oxygen atoms in total. The van der Waals surface area contributed by atoms with Crippen LogP contribution in [-0.2, 0) is 9.59 Å². The van der Waals surface area contributed by atoms with Crippen molar-refractivity contribution in [3.8, 4) is 5.75 Å². The number of benzene rings is 2. The number of amides is 2. The molecule has 0 saturated carbocycles. The summed E-state index contributed by atoms with van der Waals surface area (Å²) in [4.78, 5) is 35.9. The fourth-order valence-corrected chi connectivity index (χ4v) is 2.42. The van der Waals surface area contributed by atoms with Gasteiger partial charge in [0.1, 0.15) is 5.75 Å². The minimum Gasteiger partial charge on any atom is -0.468 e. The average molecular weight is 324 g/mol. The topological polar surface area (TPSA) is 84.5 Å². The number of ketones is 1. The number of anilines is 2. The zero-order chi connectivity index (χ0) is 17.3. The Morgan fingerprint density at radius 1 is 1.17 bits per heavy atom. The third kappa shape index (κ3) is 3.12. The minimum atomic E-state index is -1.29. The summed E-state index contributed by atoms with van der Waals surface area (Å²) in [6, 6.07) is 11.8. The van der Waals surface area contributed by atoms with Gasteiger partial charge in [-0.25, -0.2) is 0 Å². The van der Waals surface area contributed by atoms with Crippen LogP contribution in [0.25, 0.3) is 0 Å². The van der Waals surface area contributed by atoms with Crippen molar-refractivity contribution in [2.75, 3.05) is 10.6 Å². The minimum absolute atomic E-state index is 0.109. The lowest BCUT2D eigenvalue weighted by atomic mass is 10.1. The van der Waals surface area contributed by atoms with Crippen LogP contribution in [0.3, 0.4) is 0 Å². The summed E-state index contributed by atoms with van der Waals surface area (Å²) in [6.07, 6.45) is -1.29. The smallest absolute Gasteiger partial charge is 0.275 e. The van der Waals surface area contributed by atoms with E-state index in [0.717, 1.165) is 5.56 Å². The second kappa shape index (κ2) is 6.16. The molecule has 2 N–H and O–H groups in total. The van der Waals surface area contributed by atoms with Gasteiger partial charge in [0.2, 0.25) is 0 Å². The van der Waals surface area contributed by atoms with E-state index in [9.17, 15) is 14.4 Å². The van der Waals surface area contributed by atoms with Gasteiger partial charge in [-0.2, -0.15) is 0 Å². The number of hydrogen-bond acceptors (Lipinski definition) is 4. The van der Waals surface area contributed by atoms with E-state index in [1.165, 1.54) is 6.92 Å². The summed E-state index contributed by atoms with van der Waals surface area (Å²) >= 11 is 0. The molecular weight excluding hydrogens is 308 g/mol. The Balaban J connectivity index is 1.78. The van der Waals surface area contributed by atoms with Gasteiger partial charge >= 0.3 is 0 Å². The number of ether oxygens (including phenoxy) is 1. The Morgan fingerprint density at radius 3 is 2.71 bits per heavy atom. The van der Waals surface area contributed by atoms with Crippen LogP contribution < -0.4 is 15.4 Å². The zero-order valence-electron chi connectivity index (χ0n) is 13.3. The van der Waals surface area contributed by atoms with Gasteiger partial charge in [0.25, 0.3) is 17.9 Å². The highest BCUT2D eigenvalue weighted by molar-refractivity contribution is 6.15. The van der Waals surface area contributed by atoms with Gasteiger partial charge in [0, 0.05) is 11.3 Å². The lowest BCUT2D eigenvalue weighted by Gasteiger charge is -2.25. The maximum absolute atomic E-state index is 12.4. The molecule has 1 heterocycles. The summed E-state index contributed by atoms with van der Waals surface area (Å²) in [5, 5.41) is 5.27. The lowest BCUT2D eigenvalue weighted by molar-refractivity contribution is -0.133. The van der Waals surface area contributed by atoms with E-state index in [0.29, 0.717) is 22.7 Å². The predicted molar refractivity (Wildman–Crippen MR) is 89.3 cm³/mol. The van der Waals surface area contributed by atoms with Gasteiger partial charge in [-0.1, -0.05) is 18.2 Å². The lowest BCUT2D eigenvalue weighted by Crippen LogP contribution is -2.45. The van der Waals surface area contributed by atoms with E-state index >= 15 is 0 Å². The molecule has 0 aromatic heterocycles. The van der Waals surface area contributed by atoms with Crippen molar-refractivity contribution in [2.24, 2.45) is 0 Å². The number of aryl methyl sites for hydroxylation is 1. The molecule has 1 atom stereocenters. The maximum atomic E-state index is 12.4. The van der Waals surface area contributed by atoms with Crippen LogP contribution in [0.2, 0.25) is 0 Å². The molecule has 1 aliphatic rings. The first-order valence-corrected chi connectivity index (χ1v) is 7.44. The number of nitrogens with one attached hydrogen (secondary N) is 2. The number of carbonyl (C=O) groups is 3. The summed E-state index contributed by atoms with van der Waals surface area (Å²) in [7, 11) is 0. The van der Waals surface area contributed by atoms with Crippen LogP contribution in [0.15, 0.2) is 42.5 Å². The van der Waals surface area contributed by atoms with Crippen LogP contribution >= 0.6 is 0 Å². The molecule has 2 aromatic carbocycles. The van der Waals surface area contributed by atoms with E-state index in [1.807, 2.05) is 13.0 Å². The van der Waals surface area contributed by atoms with Crippen LogP contribution in [0, 0.1) is 6.92 Å². The van der Waals surface area contributed by atoms with E-state index < -0.39 is 17.9 Å². The highest BCUT2D eigenvalue weighted by atomic mass is 16.5. The third-order valence-electron chi connectivity index (χ3n) is 3.65. The van der Waals surface area contributed by atoms with Gasteiger partial charge in [0.05, 0.1) is 5.69 Å². The first kappa shape index (κ1) is 15.7. The fraction of sp³-hybridized carbons (Fsp3) is 0.167. The number of fused-ring (bicyclic) bond motifs is 1. The van der Waals surface area contributed by atoms with Crippen LogP contribution in [0.5, 0.6) is 5.75 Å². The highest BCUT2D eigenvalue weighted by Gasteiger charge is 2.34. The summed E-state index contributed by atoms with van der Waals surface area (Å²) in [5.74, 6) is -0.798. The van der Waals surface area contributed by atoms with Crippen LogP contribution in [0.4, 0.5) is 11.4 Å². The first-order chi connectivity index (χ1) is 11.4. The van der Waals surface area contributed by atoms with Crippen LogP contribution in [-0.4, -0.2) is 23.7 Å². The Labute approximate surface area is 138 Å². The van der Waals surface area contributed by atoms with Crippen molar-refractivity contribution in [3.63, 3.8) is 0 Å². The number of hydrogen-bond donors (Lipinski definition) is 2. The van der Waals surface area contributed by atoms with E-state index in [4.69, 9.17) is 4.74 Å². The van der Waals surface area contributed by atoms with Gasteiger partial charge in [-0.3, -0.25) is 14.4 Å². The molecule has 0 aliphatic carbocycles. The molecule has 0 bridgehead atoms. The summed E-state index contributed by atoms with van der Waals surface area (Å²) in [6.45, 7) is 3.34. The maximum Gasteiger partial charge on any atom is 0.275 e. The van der Waals surface area contributed by atoms with Crippen molar-refractivity contribution in [1.29, 1.82) is 0 Å². The van der Waals surface area contributed by atoms with E-state index in [2.05, 4.69) is 10.6 Å². The molecule has 0 unspecified atom stereocenters. The Morgan fingerprint density at radius 2 is 1.96 bits per heavy atom. The number of carbonyl (C=O) groups excluding carboxylic acids is 3. The first-order valence-electron chi connectivity index (χ1n) is 7.44. The molecule has 2 amide bonds. The largest absolute Gasteiger partial charge is 0.468 e. The quantitative estimate of drug-likeness (QED) is 0.671. The van der Waals surface area contributed by atoms with Gasteiger partial charge in [-0.15, -0.1) is 0 Å². The molecule has 0 spiro atoms. The van der Waals surface area contributed by atoms with Crippen molar-refractivity contribution in [3.05, 3.63) is 53.6 Å². The Hall–Kier alpha value is -3.15. The van der Waals surface area contributed by atoms with E-state index in [-0.39, 0.29) is 5.78 Å². The molecule has 24 heavy (non-hydrogen) atoms. The SMILES string of the molecule is CC(=O)c1cccc(NC(=O)[C@H]2Oc3ccc(C)cc3NC2=O)c1. The van der Waals surface area contributed by atoms with Crippen molar-refractivity contribution >= 4 is 29.0 Å². The highest BCUT2D eigenvalue weighted by Crippen LogP contribution is 2.30. The predicted octanol–water partition coefficient (Wildman–Crippen LogP) is 2.54. The standard InChI is InChI=1S/C18H16N2O4/c1-10-6-7-15-14(8-10)20-18(23)16(24-15)17(22)19-13-5-3-4-12(9-13)11(2)21/h3-9,16H,1-2H3,(H,19,22)(H,20,23)/t16-/m1/s1. The Bertz CT molecular complexity index is 845. The Kier molecular flexibility index (Phi) is 4.04. The number of Topliss-reactive ketones (excluding diaryl/α,β-unsaturated/α-hetero) is 1. The van der Waals surface area contributed by atoms with Gasteiger partial charge < -0.3 is 15.4 Å². The molecular formula is C18H16N2O4. The zero-order valence-corrected chi connectivity index (χ0v) is 13.3. The van der Waals surface area contributed by atoms with Crippen molar-refractivity contribution in [2.45, 2.75) is 20.0 Å². The van der Waals surface area contributed by atoms with E-state index in [1.54, 1.807) is 36.4 Å². The molecule has 122 valence electrons.